The highest BCUT2D eigenvalue weighted by atomic mass is 16.5. The molecule has 1 fully saturated rings. The smallest absolute Gasteiger partial charge is 0.326 e. The van der Waals surface area contributed by atoms with Crippen LogP contribution in [0.3, 0.4) is 0 Å². The van der Waals surface area contributed by atoms with E-state index in [1.165, 1.54) is 6.92 Å². The van der Waals surface area contributed by atoms with E-state index in [0.29, 0.717) is 29.0 Å². The second-order valence-electron chi connectivity index (χ2n) is 10.9. The number of nitrogens with zero attached hydrogens (tertiary/aromatic N) is 2. The number of methoxy groups -OCH3 is 1. The quantitative estimate of drug-likeness (QED) is 0.262. The standard InChI is InChI=1S/C33H40N4O5/c1-5-25-18-26(22(3)38)16-21(2)31(25)32(39)36-29(33(40)41)17-23-6-8-27(9-7-23)37-14-11-24(12-15-37)20-35-30-19-28(42-4)10-13-34-30/h6-10,13,16,18-19,24,29H,5,11-12,14-15,17,20H2,1-4H3,(H,34,35)(H,36,39)(H,40,41). The molecule has 9 nitrogen and oxygen atoms in total. The SMILES string of the molecule is CCc1cc(C(C)=O)cc(C)c1C(=O)NC(Cc1ccc(N2CCC(CNc3cc(OC)ccn3)CC2)cc1)C(=O)O. The fourth-order valence-corrected chi connectivity index (χ4v) is 5.46. The molecule has 0 radical (unpaired) electrons. The molecule has 3 N–H and O–H groups in total. The van der Waals surface area contributed by atoms with Crippen LogP contribution in [0.15, 0.2) is 54.7 Å². The van der Waals surface area contributed by atoms with E-state index in [0.717, 1.165) is 60.9 Å². The minimum Gasteiger partial charge on any atom is -0.497 e. The molecule has 1 amide bonds. The van der Waals surface area contributed by atoms with Crippen molar-refractivity contribution in [3.63, 3.8) is 0 Å². The molecule has 1 atom stereocenters. The van der Waals surface area contributed by atoms with Crippen molar-refractivity contribution in [1.29, 1.82) is 0 Å². The molecular formula is C33H40N4O5. The number of hydrogen-bond acceptors (Lipinski definition) is 7. The Hall–Kier alpha value is -4.40. The summed E-state index contributed by atoms with van der Waals surface area (Å²) in [6.45, 7) is 7.90. The number of pyridine rings is 1. The summed E-state index contributed by atoms with van der Waals surface area (Å²) in [6, 6.07) is 14.0. The van der Waals surface area contributed by atoms with E-state index in [9.17, 15) is 19.5 Å². The van der Waals surface area contributed by atoms with Crippen LogP contribution < -0.4 is 20.3 Å². The van der Waals surface area contributed by atoms with E-state index in [2.05, 4.69) is 20.5 Å². The van der Waals surface area contributed by atoms with Crippen molar-refractivity contribution in [1.82, 2.24) is 10.3 Å². The predicted octanol–water partition coefficient (Wildman–Crippen LogP) is 4.92. The van der Waals surface area contributed by atoms with Crippen molar-refractivity contribution < 1.29 is 24.2 Å². The highest BCUT2D eigenvalue weighted by Crippen LogP contribution is 2.25. The number of carboxylic acid groups (broad SMARTS) is 1. The van der Waals surface area contributed by atoms with Crippen LogP contribution in [0.2, 0.25) is 0 Å². The van der Waals surface area contributed by atoms with Gasteiger partial charge in [-0.05, 0) is 86.1 Å². The maximum absolute atomic E-state index is 13.2. The van der Waals surface area contributed by atoms with Crippen LogP contribution in [0.1, 0.15) is 64.1 Å². The van der Waals surface area contributed by atoms with Gasteiger partial charge in [-0.2, -0.15) is 0 Å². The third kappa shape index (κ3) is 7.66. The van der Waals surface area contributed by atoms with Gasteiger partial charge in [0.1, 0.15) is 17.6 Å². The second-order valence-corrected chi connectivity index (χ2v) is 10.9. The van der Waals surface area contributed by atoms with E-state index in [4.69, 9.17) is 4.74 Å². The molecule has 1 aliphatic heterocycles. The molecule has 3 aromatic rings. The first-order chi connectivity index (χ1) is 20.2. The van der Waals surface area contributed by atoms with Crippen LogP contribution in [-0.2, 0) is 17.6 Å². The summed E-state index contributed by atoms with van der Waals surface area (Å²) < 4.78 is 5.27. The molecule has 42 heavy (non-hydrogen) atoms. The molecule has 222 valence electrons. The highest BCUT2D eigenvalue weighted by Gasteiger charge is 2.25. The maximum Gasteiger partial charge on any atom is 0.326 e. The average molecular weight is 573 g/mol. The Morgan fingerprint density at radius 2 is 1.81 bits per heavy atom. The van der Waals surface area contributed by atoms with Gasteiger partial charge in [-0.15, -0.1) is 0 Å². The minimum atomic E-state index is -1.09. The summed E-state index contributed by atoms with van der Waals surface area (Å²) >= 11 is 0. The second kappa shape index (κ2) is 14.0. The van der Waals surface area contributed by atoms with E-state index in [1.54, 1.807) is 32.4 Å². The van der Waals surface area contributed by atoms with Crippen molar-refractivity contribution in [2.24, 2.45) is 5.92 Å². The lowest BCUT2D eigenvalue weighted by Crippen LogP contribution is -2.43. The van der Waals surface area contributed by atoms with Crippen LogP contribution in [0.5, 0.6) is 5.75 Å². The van der Waals surface area contributed by atoms with Crippen molar-refractivity contribution >= 4 is 29.2 Å². The zero-order chi connectivity index (χ0) is 30.2. The first-order valence-electron chi connectivity index (χ1n) is 14.4. The molecule has 0 aliphatic carbocycles. The summed E-state index contributed by atoms with van der Waals surface area (Å²) in [7, 11) is 1.64. The number of ether oxygens (including phenoxy) is 1. The van der Waals surface area contributed by atoms with Crippen LogP contribution in [-0.4, -0.2) is 60.5 Å². The number of nitrogens with one attached hydrogen (secondary N) is 2. The third-order valence-electron chi connectivity index (χ3n) is 7.93. The monoisotopic (exact) mass is 572 g/mol. The Bertz CT molecular complexity index is 1410. The molecular weight excluding hydrogens is 532 g/mol. The van der Waals surface area contributed by atoms with Crippen molar-refractivity contribution in [3.05, 3.63) is 82.5 Å². The lowest BCUT2D eigenvalue weighted by atomic mass is 9.94. The van der Waals surface area contributed by atoms with Crippen LogP contribution >= 0.6 is 0 Å². The van der Waals surface area contributed by atoms with Gasteiger partial charge >= 0.3 is 5.97 Å². The summed E-state index contributed by atoms with van der Waals surface area (Å²) in [5.74, 6) is 0.532. The third-order valence-corrected chi connectivity index (χ3v) is 7.93. The minimum absolute atomic E-state index is 0.0741. The molecule has 1 unspecified atom stereocenters. The molecule has 0 spiro atoms. The Morgan fingerprint density at radius 1 is 1.10 bits per heavy atom. The van der Waals surface area contributed by atoms with Gasteiger partial charge < -0.3 is 25.4 Å². The Labute approximate surface area is 247 Å². The normalized spacial score (nSPS) is 14.2. The molecule has 1 saturated heterocycles. The molecule has 4 rings (SSSR count). The van der Waals surface area contributed by atoms with E-state index >= 15 is 0 Å². The molecule has 1 aromatic heterocycles. The zero-order valence-electron chi connectivity index (χ0n) is 24.8. The summed E-state index contributed by atoms with van der Waals surface area (Å²) in [5.41, 5.74) is 4.29. The number of carbonyl (C=O) groups is 3. The predicted molar refractivity (Wildman–Crippen MR) is 164 cm³/mol. The number of aromatic nitrogens is 1. The number of hydrogen-bond donors (Lipinski definition) is 3. The number of ketones is 1. The van der Waals surface area contributed by atoms with E-state index in [-0.39, 0.29) is 12.2 Å². The number of anilines is 2. The molecule has 0 bridgehead atoms. The molecule has 9 heteroatoms. The lowest BCUT2D eigenvalue weighted by molar-refractivity contribution is -0.139. The van der Waals surface area contributed by atoms with E-state index in [1.807, 2.05) is 43.3 Å². The number of Topliss-reactive ketones (excluding diaryl/α,β-unsaturated/α-hetero) is 1. The average Bonchev–Trinajstić information content (AvgIpc) is 2.99. The Balaban J connectivity index is 1.33. The van der Waals surface area contributed by atoms with Gasteiger partial charge in [-0.1, -0.05) is 19.1 Å². The Kier molecular flexibility index (Phi) is 10.2. The van der Waals surface area contributed by atoms with E-state index < -0.39 is 17.9 Å². The number of aryl methyl sites for hydroxylation is 2. The lowest BCUT2D eigenvalue weighted by Gasteiger charge is -2.34. The molecule has 2 aromatic carbocycles. The zero-order valence-corrected chi connectivity index (χ0v) is 24.8. The number of benzene rings is 2. The summed E-state index contributed by atoms with van der Waals surface area (Å²) in [5, 5.41) is 16.0. The van der Waals surface area contributed by atoms with Gasteiger partial charge in [0, 0.05) is 55.1 Å². The van der Waals surface area contributed by atoms with Crippen LogP contribution in [0.4, 0.5) is 11.5 Å². The van der Waals surface area contributed by atoms with Gasteiger partial charge in [0.15, 0.2) is 5.78 Å². The van der Waals surface area contributed by atoms with Gasteiger partial charge in [0.2, 0.25) is 0 Å². The fraction of sp³-hybridized carbons (Fsp3) is 0.394. The van der Waals surface area contributed by atoms with Crippen molar-refractivity contribution in [2.75, 3.05) is 37.0 Å². The number of rotatable bonds is 12. The van der Waals surface area contributed by atoms with Gasteiger partial charge in [-0.3, -0.25) is 9.59 Å². The molecule has 0 saturated carbocycles. The van der Waals surface area contributed by atoms with Crippen LogP contribution in [0, 0.1) is 12.8 Å². The fourth-order valence-electron chi connectivity index (χ4n) is 5.46. The van der Waals surface area contributed by atoms with Crippen molar-refractivity contribution in [2.45, 2.75) is 52.5 Å². The summed E-state index contributed by atoms with van der Waals surface area (Å²) in [6.07, 6.45) is 4.56. The number of amides is 1. The number of aliphatic carboxylic acids is 1. The van der Waals surface area contributed by atoms with Gasteiger partial charge in [0.05, 0.1) is 7.11 Å². The number of carboxylic acids is 1. The van der Waals surface area contributed by atoms with Gasteiger partial charge in [-0.25, -0.2) is 9.78 Å². The first kappa shape index (κ1) is 30.6. The largest absolute Gasteiger partial charge is 0.497 e. The number of carbonyl (C=O) groups excluding carboxylic acids is 2. The maximum atomic E-state index is 13.2. The molecule has 2 heterocycles. The Morgan fingerprint density at radius 3 is 2.43 bits per heavy atom. The topological polar surface area (TPSA) is 121 Å². The van der Waals surface area contributed by atoms with Gasteiger partial charge in [0.25, 0.3) is 5.91 Å². The number of piperidine rings is 1. The molecule has 1 aliphatic rings. The van der Waals surface area contributed by atoms with Crippen molar-refractivity contribution in [3.8, 4) is 5.75 Å². The highest BCUT2D eigenvalue weighted by molar-refractivity contribution is 6.01. The summed E-state index contributed by atoms with van der Waals surface area (Å²) in [4.78, 5) is 43.8. The first-order valence-corrected chi connectivity index (χ1v) is 14.4. The van der Waals surface area contributed by atoms with Crippen LogP contribution in [0.25, 0.3) is 0 Å².